The monoisotopic (exact) mass is 498 g/mol. The molecule has 1 aliphatic rings. The molecular weight excluding hydrogens is 481 g/mol. The highest BCUT2D eigenvalue weighted by Gasteiger charge is 2.50. The number of phosphoric ester groups is 1. The van der Waals surface area contributed by atoms with Crippen molar-refractivity contribution in [2.45, 2.75) is 24.5 Å². The number of phosphoric acid groups is 3. The Kier molecular flexibility index (Phi) is 7.44. The van der Waals surface area contributed by atoms with Crippen molar-refractivity contribution in [1.82, 2.24) is 9.55 Å². The normalized spacial score (nSPS) is 28.7. The van der Waals surface area contributed by atoms with E-state index >= 15 is 0 Å². The number of hydrogen-bond acceptors (Lipinski definition) is 11. The third-order valence-corrected chi connectivity index (χ3v) is 7.33. The standard InChI is InChI=1S/C10H17N2O15P3/c1-23-10(5-24-29(19,20)27-30(21,22)26-28(16,17)18)4-6(13)8(25-10)12-3-2-7(14)11-9(12)15/h2-3,6,8,13H,4-5H2,1H3,(H,19,20)(H,21,22)(H,11,14,15)(H2,16,17,18). The molecule has 0 saturated carbocycles. The zero-order chi connectivity index (χ0) is 23.0. The molecule has 172 valence electrons. The van der Waals surface area contributed by atoms with Gasteiger partial charge in [-0.05, 0) is 0 Å². The molecule has 0 spiro atoms. The molecule has 2 heterocycles. The Bertz CT molecular complexity index is 1030. The highest BCUT2D eigenvalue weighted by Crippen LogP contribution is 2.66. The number of aromatic amines is 1. The van der Waals surface area contributed by atoms with Crippen LogP contribution in [0.3, 0.4) is 0 Å². The van der Waals surface area contributed by atoms with Crippen LogP contribution in [-0.4, -0.2) is 59.8 Å². The van der Waals surface area contributed by atoms with Crippen molar-refractivity contribution in [1.29, 1.82) is 0 Å². The summed E-state index contributed by atoms with van der Waals surface area (Å²) in [7, 11) is -15.7. The summed E-state index contributed by atoms with van der Waals surface area (Å²) in [5, 5.41) is 10.2. The molecule has 5 unspecified atom stereocenters. The molecule has 5 atom stereocenters. The first-order valence-electron chi connectivity index (χ1n) is 7.58. The van der Waals surface area contributed by atoms with E-state index in [4.69, 9.17) is 24.2 Å². The predicted octanol–water partition coefficient (Wildman–Crippen LogP) is -1.50. The van der Waals surface area contributed by atoms with Crippen LogP contribution in [0.2, 0.25) is 0 Å². The number of hydrogen-bond donors (Lipinski definition) is 6. The van der Waals surface area contributed by atoms with Gasteiger partial charge < -0.3 is 34.2 Å². The summed E-state index contributed by atoms with van der Waals surface area (Å²) in [4.78, 5) is 60.5. The third kappa shape index (κ3) is 6.73. The lowest BCUT2D eigenvalue weighted by atomic mass is 10.1. The van der Waals surface area contributed by atoms with E-state index in [0.29, 0.717) is 0 Å². The van der Waals surface area contributed by atoms with Crippen molar-refractivity contribution in [3.63, 3.8) is 0 Å². The number of H-pyrrole nitrogens is 1. The van der Waals surface area contributed by atoms with E-state index in [1.807, 2.05) is 4.98 Å². The molecule has 1 fully saturated rings. The fourth-order valence-corrected chi connectivity index (χ4v) is 5.46. The SMILES string of the molecule is COC1(COP(=O)(O)OP(=O)(O)OP(=O)(O)O)CC(O)C(n2ccc(=O)[nH]c2=O)O1. The van der Waals surface area contributed by atoms with Gasteiger partial charge in [0.25, 0.3) is 5.56 Å². The number of aliphatic hydroxyl groups excluding tert-OH is 1. The Hall–Kier alpha value is -1.03. The first-order valence-corrected chi connectivity index (χ1v) is 12.1. The summed E-state index contributed by atoms with van der Waals surface area (Å²) < 4.78 is 56.6. The maximum Gasteiger partial charge on any atom is 0.490 e. The zero-order valence-corrected chi connectivity index (χ0v) is 17.5. The van der Waals surface area contributed by atoms with Crippen LogP contribution in [0.25, 0.3) is 0 Å². The number of rotatable bonds is 9. The van der Waals surface area contributed by atoms with Crippen LogP contribution >= 0.6 is 23.5 Å². The molecule has 0 aliphatic carbocycles. The van der Waals surface area contributed by atoms with Crippen molar-refractivity contribution in [2.24, 2.45) is 0 Å². The minimum Gasteiger partial charge on any atom is -0.388 e. The molecule has 1 saturated heterocycles. The van der Waals surface area contributed by atoms with Crippen molar-refractivity contribution in [3.05, 3.63) is 33.1 Å². The van der Waals surface area contributed by atoms with Crippen LogP contribution in [0, 0.1) is 0 Å². The molecule has 17 nitrogen and oxygen atoms in total. The molecule has 30 heavy (non-hydrogen) atoms. The number of aromatic nitrogens is 2. The van der Waals surface area contributed by atoms with Gasteiger partial charge in [0, 0.05) is 25.8 Å². The summed E-state index contributed by atoms with van der Waals surface area (Å²) in [5.74, 6) is -1.97. The number of aliphatic hydroxyl groups is 1. The van der Waals surface area contributed by atoms with Gasteiger partial charge in [-0.15, -0.1) is 0 Å². The molecule has 1 aromatic rings. The molecule has 1 aliphatic heterocycles. The fourth-order valence-electron chi connectivity index (χ4n) is 2.40. The van der Waals surface area contributed by atoms with Crippen LogP contribution in [0.1, 0.15) is 12.6 Å². The number of methoxy groups -OCH3 is 1. The van der Waals surface area contributed by atoms with Gasteiger partial charge in [-0.3, -0.25) is 18.9 Å². The molecule has 1 aromatic heterocycles. The second kappa shape index (κ2) is 8.84. The Morgan fingerprint density at radius 2 is 1.83 bits per heavy atom. The molecule has 20 heteroatoms. The van der Waals surface area contributed by atoms with Gasteiger partial charge in [0.05, 0.1) is 0 Å². The topological polar surface area (TPSA) is 253 Å². The second-order valence-corrected chi connectivity index (χ2v) is 10.2. The lowest BCUT2D eigenvalue weighted by Gasteiger charge is -2.28. The van der Waals surface area contributed by atoms with E-state index in [1.165, 1.54) is 0 Å². The lowest BCUT2D eigenvalue weighted by molar-refractivity contribution is -0.241. The van der Waals surface area contributed by atoms with Crippen molar-refractivity contribution < 1.29 is 61.0 Å². The molecule has 0 radical (unpaired) electrons. The minimum absolute atomic E-state index is 0.435. The average Bonchev–Trinajstić information content (AvgIpc) is 2.87. The van der Waals surface area contributed by atoms with E-state index in [9.17, 15) is 33.3 Å². The van der Waals surface area contributed by atoms with Gasteiger partial charge in [0.15, 0.2) is 12.0 Å². The average molecular weight is 498 g/mol. The second-order valence-electron chi connectivity index (χ2n) is 5.78. The maximum absolute atomic E-state index is 11.9. The predicted molar refractivity (Wildman–Crippen MR) is 91.6 cm³/mol. The van der Waals surface area contributed by atoms with Crippen molar-refractivity contribution in [3.8, 4) is 0 Å². The van der Waals surface area contributed by atoms with E-state index in [-0.39, 0.29) is 0 Å². The Morgan fingerprint density at radius 3 is 2.37 bits per heavy atom. The summed E-state index contributed by atoms with van der Waals surface area (Å²) in [6.45, 7) is -1.02. The first kappa shape index (κ1) is 25.2. The summed E-state index contributed by atoms with van der Waals surface area (Å²) in [6, 6.07) is 0.969. The van der Waals surface area contributed by atoms with Crippen LogP contribution in [-0.2, 0) is 36.3 Å². The third-order valence-electron chi connectivity index (χ3n) is 3.55. The van der Waals surface area contributed by atoms with Crippen LogP contribution < -0.4 is 11.2 Å². The van der Waals surface area contributed by atoms with E-state index in [1.54, 1.807) is 0 Å². The fraction of sp³-hybridized carbons (Fsp3) is 0.600. The van der Waals surface area contributed by atoms with Gasteiger partial charge in [-0.2, -0.15) is 8.62 Å². The number of ether oxygens (including phenoxy) is 2. The Balaban J connectivity index is 2.13. The zero-order valence-electron chi connectivity index (χ0n) is 14.8. The smallest absolute Gasteiger partial charge is 0.388 e. The van der Waals surface area contributed by atoms with Crippen molar-refractivity contribution >= 4 is 23.5 Å². The maximum atomic E-state index is 11.9. The minimum atomic E-state index is -5.72. The molecule has 2 rings (SSSR count). The molecule has 0 amide bonds. The Labute approximate surface area is 166 Å². The summed E-state index contributed by atoms with van der Waals surface area (Å²) in [5.41, 5.74) is -1.65. The number of nitrogens with zero attached hydrogens (tertiary/aromatic N) is 1. The van der Waals surface area contributed by atoms with Crippen LogP contribution in [0.4, 0.5) is 0 Å². The summed E-state index contributed by atoms with van der Waals surface area (Å²) in [6.07, 6.45) is -2.27. The van der Waals surface area contributed by atoms with Crippen molar-refractivity contribution in [2.75, 3.05) is 13.7 Å². The van der Waals surface area contributed by atoms with Gasteiger partial charge in [0.2, 0.25) is 0 Å². The van der Waals surface area contributed by atoms with Gasteiger partial charge in [-0.1, -0.05) is 0 Å². The molecule has 6 N–H and O–H groups in total. The molecule has 0 aromatic carbocycles. The molecular formula is C10H17N2O15P3. The van der Waals surface area contributed by atoms with Gasteiger partial charge >= 0.3 is 29.2 Å². The highest BCUT2D eigenvalue weighted by atomic mass is 31.3. The van der Waals surface area contributed by atoms with E-state index in [2.05, 4.69) is 13.1 Å². The van der Waals surface area contributed by atoms with Crippen LogP contribution in [0.5, 0.6) is 0 Å². The quantitative estimate of drug-likeness (QED) is 0.212. The van der Waals surface area contributed by atoms with Gasteiger partial charge in [-0.25, -0.2) is 18.5 Å². The lowest BCUT2D eigenvalue weighted by Crippen LogP contribution is -2.38. The number of nitrogens with one attached hydrogen (secondary N) is 1. The van der Waals surface area contributed by atoms with E-state index < -0.39 is 65.9 Å². The van der Waals surface area contributed by atoms with Gasteiger partial charge in [0.1, 0.15) is 12.7 Å². The first-order chi connectivity index (χ1) is 13.6. The van der Waals surface area contributed by atoms with Crippen LogP contribution in [0.15, 0.2) is 21.9 Å². The molecule has 0 bridgehead atoms. The van der Waals surface area contributed by atoms with E-state index in [0.717, 1.165) is 23.9 Å². The summed E-state index contributed by atoms with van der Waals surface area (Å²) >= 11 is 0. The highest BCUT2D eigenvalue weighted by molar-refractivity contribution is 7.66. The Morgan fingerprint density at radius 1 is 1.20 bits per heavy atom. The largest absolute Gasteiger partial charge is 0.490 e.